The normalized spacial score (nSPS) is 12.7. The Balaban J connectivity index is 1.76. The summed E-state index contributed by atoms with van der Waals surface area (Å²) < 4.78 is 64.4. The highest BCUT2D eigenvalue weighted by atomic mass is 19.4. The molecule has 0 amide bonds. The summed E-state index contributed by atoms with van der Waals surface area (Å²) in [5.74, 6) is 1.36. The maximum absolute atomic E-state index is 13.7. The van der Waals surface area contributed by atoms with E-state index in [4.69, 9.17) is 9.47 Å². The number of hydrogen-bond donors (Lipinski definition) is 1. The number of benzene rings is 2. The topological polar surface area (TPSA) is 82.0 Å². The van der Waals surface area contributed by atoms with Gasteiger partial charge in [-0.15, -0.1) is 0 Å². The van der Waals surface area contributed by atoms with Gasteiger partial charge < -0.3 is 14.5 Å². The number of alkyl halides is 4. The summed E-state index contributed by atoms with van der Waals surface area (Å²) in [5, 5.41) is 4.22. The highest BCUT2D eigenvalue weighted by Gasteiger charge is 2.30. The van der Waals surface area contributed by atoms with E-state index in [1.165, 1.54) is 31.0 Å². The van der Waals surface area contributed by atoms with E-state index in [-0.39, 0.29) is 23.1 Å². The lowest BCUT2D eigenvalue weighted by Gasteiger charge is -2.15. The molecule has 0 spiro atoms. The Morgan fingerprint density at radius 3 is 2.34 bits per heavy atom. The van der Waals surface area contributed by atoms with Gasteiger partial charge in [0.25, 0.3) is 5.56 Å². The fourth-order valence-electron chi connectivity index (χ4n) is 3.88. The molecular weight excluding hydrogens is 468 g/mol. The first kappa shape index (κ1) is 24.2. The third-order valence-electron chi connectivity index (χ3n) is 5.72. The molecule has 0 aliphatic rings. The third kappa shape index (κ3) is 4.71. The van der Waals surface area contributed by atoms with Gasteiger partial charge in [0.2, 0.25) is 0 Å². The molecule has 11 heteroatoms. The summed E-state index contributed by atoms with van der Waals surface area (Å²) in [7, 11) is 3.03. The predicted molar refractivity (Wildman–Crippen MR) is 121 cm³/mol. The van der Waals surface area contributed by atoms with Gasteiger partial charge in [-0.2, -0.15) is 18.3 Å². The molecule has 1 unspecified atom stereocenters. The Hall–Kier alpha value is -3.89. The molecule has 2 heterocycles. The number of methoxy groups -OCH3 is 2. The molecule has 35 heavy (non-hydrogen) atoms. The minimum Gasteiger partial charge on any atom is -0.493 e. The van der Waals surface area contributed by atoms with E-state index in [0.717, 1.165) is 17.7 Å². The summed E-state index contributed by atoms with van der Waals surface area (Å²) >= 11 is 0. The van der Waals surface area contributed by atoms with Crippen LogP contribution < -0.4 is 15.0 Å². The number of ether oxygens (including phenoxy) is 2. The Bertz CT molecular complexity index is 1410. The van der Waals surface area contributed by atoms with E-state index in [1.54, 1.807) is 25.1 Å². The second-order valence-corrected chi connectivity index (χ2v) is 7.90. The molecule has 0 aliphatic carbocycles. The van der Waals surface area contributed by atoms with Crippen molar-refractivity contribution in [2.24, 2.45) is 0 Å². The van der Waals surface area contributed by atoms with Crippen LogP contribution in [0.15, 0.2) is 47.3 Å². The lowest BCUT2D eigenvalue weighted by Crippen LogP contribution is -2.15. The number of rotatable bonds is 7. The van der Waals surface area contributed by atoms with Crippen molar-refractivity contribution in [2.45, 2.75) is 32.2 Å². The van der Waals surface area contributed by atoms with E-state index in [1.807, 2.05) is 0 Å². The fraction of sp³-hybridized carbons (Fsp3) is 0.292. The van der Waals surface area contributed by atoms with Gasteiger partial charge in [0.15, 0.2) is 17.1 Å². The molecule has 0 saturated heterocycles. The average Bonchev–Trinajstić information content (AvgIpc) is 3.22. The van der Waals surface area contributed by atoms with Gasteiger partial charge in [0.1, 0.15) is 23.6 Å². The van der Waals surface area contributed by atoms with E-state index in [9.17, 15) is 22.4 Å². The molecule has 1 N–H and O–H groups in total. The molecule has 4 rings (SSSR count). The molecule has 2 aromatic carbocycles. The van der Waals surface area contributed by atoms with Crippen molar-refractivity contribution in [3.05, 3.63) is 81.0 Å². The second-order valence-electron chi connectivity index (χ2n) is 7.90. The van der Waals surface area contributed by atoms with Crippen molar-refractivity contribution in [2.75, 3.05) is 14.2 Å². The Kier molecular flexibility index (Phi) is 6.51. The Morgan fingerprint density at radius 2 is 1.74 bits per heavy atom. The zero-order chi connectivity index (χ0) is 25.3. The van der Waals surface area contributed by atoms with Crippen LogP contribution in [-0.4, -0.2) is 34.0 Å². The van der Waals surface area contributed by atoms with Crippen molar-refractivity contribution in [1.29, 1.82) is 0 Å². The van der Waals surface area contributed by atoms with Crippen LogP contribution in [0.2, 0.25) is 0 Å². The van der Waals surface area contributed by atoms with Crippen LogP contribution in [0.5, 0.6) is 11.5 Å². The highest BCUT2D eigenvalue weighted by molar-refractivity contribution is 5.77. The molecular formula is C24H22F4N4O3. The smallest absolute Gasteiger partial charge is 0.416 e. The Morgan fingerprint density at radius 1 is 1.06 bits per heavy atom. The van der Waals surface area contributed by atoms with E-state index >= 15 is 0 Å². The summed E-state index contributed by atoms with van der Waals surface area (Å²) in [6.45, 7) is 0.691. The van der Waals surface area contributed by atoms with E-state index in [0.29, 0.717) is 22.9 Å². The first-order valence-electron chi connectivity index (χ1n) is 10.6. The lowest BCUT2D eigenvalue weighted by atomic mass is 10.1. The van der Waals surface area contributed by atoms with Crippen molar-refractivity contribution >= 4 is 11.0 Å². The molecule has 0 fully saturated rings. The van der Waals surface area contributed by atoms with Crippen molar-refractivity contribution in [3.63, 3.8) is 0 Å². The molecule has 0 saturated carbocycles. The molecule has 184 valence electrons. The second kappa shape index (κ2) is 9.40. The first-order valence-corrected chi connectivity index (χ1v) is 10.6. The van der Waals surface area contributed by atoms with Gasteiger partial charge in [-0.05, 0) is 42.3 Å². The fourth-order valence-corrected chi connectivity index (χ4v) is 3.88. The monoisotopic (exact) mass is 490 g/mol. The largest absolute Gasteiger partial charge is 0.493 e. The van der Waals surface area contributed by atoms with Crippen LogP contribution in [0.3, 0.4) is 0 Å². The van der Waals surface area contributed by atoms with Crippen LogP contribution in [0.25, 0.3) is 11.0 Å². The van der Waals surface area contributed by atoms with Crippen LogP contribution in [0.1, 0.15) is 41.2 Å². The molecule has 0 radical (unpaired) electrons. The molecule has 0 aliphatic heterocycles. The maximum atomic E-state index is 13.7. The first-order chi connectivity index (χ1) is 16.7. The van der Waals surface area contributed by atoms with Crippen molar-refractivity contribution < 1.29 is 27.0 Å². The zero-order valence-corrected chi connectivity index (χ0v) is 19.1. The number of aromatic nitrogens is 4. The third-order valence-corrected chi connectivity index (χ3v) is 5.72. The summed E-state index contributed by atoms with van der Waals surface area (Å²) in [5.41, 5.74) is -0.0116. The predicted octanol–water partition coefficient (Wildman–Crippen LogP) is 4.83. The lowest BCUT2D eigenvalue weighted by molar-refractivity contribution is -0.137. The number of aromatic amines is 1. The highest BCUT2D eigenvalue weighted by Crippen LogP contribution is 2.31. The van der Waals surface area contributed by atoms with E-state index < -0.39 is 30.0 Å². The summed E-state index contributed by atoms with van der Waals surface area (Å²) in [4.78, 5) is 20.0. The van der Waals surface area contributed by atoms with Gasteiger partial charge >= 0.3 is 6.18 Å². The minimum atomic E-state index is -4.46. The number of hydrogen-bond acceptors (Lipinski definition) is 5. The number of nitrogens with one attached hydrogen (secondary N) is 1. The average molecular weight is 490 g/mol. The van der Waals surface area contributed by atoms with Crippen LogP contribution in [0.4, 0.5) is 17.6 Å². The van der Waals surface area contributed by atoms with Gasteiger partial charge in [0.05, 0.1) is 25.8 Å². The maximum Gasteiger partial charge on any atom is 0.416 e. The quantitative estimate of drug-likeness (QED) is 0.376. The zero-order valence-electron chi connectivity index (χ0n) is 19.1. The summed E-state index contributed by atoms with van der Waals surface area (Å²) in [6.07, 6.45) is -4.23. The van der Waals surface area contributed by atoms with Crippen molar-refractivity contribution in [1.82, 2.24) is 19.7 Å². The summed E-state index contributed by atoms with van der Waals surface area (Å²) in [6, 6.07) is 9.25. The van der Waals surface area contributed by atoms with Crippen LogP contribution >= 0.6 is 0 Å². The number of halogens is 4. The van der Waals surface area contributed by atoms with E-state index in [2.05, 4.69) is 15.1 Å². The van der Waals surface area contributed by atoms with Gasteiger partial charge in [-0.3, -0.25) is 4.79 Å². The number of fused-ring (bicyclic) bond motifs is 1. The molecule has 7 nitrogen and oxygen atoms in total. The van der Waals surface area contributed by atoms with Gasteiger partial charge in [0, 0.05) is 6.42 Å². The Labute approximate surface area is 197 Å². The minimum absolute atomic E-state index is 0.00215. The number of nitrogens with zero attached hydrogens (tertiary/aromatic N) is 3. The van der Waals surface area contributed by atoms with Gasteiger partial charge in [-0.25, -0.2) is 14.1 Å². The van der Waals surface area contributed by atoms with Gasteiger partial charge in [-0.1, -0.05) is 18.2 Å². The molecule has 2 aromatic heterocycles. The van der Waals surface area contributed by atoms with Crippen LogP contribution in [0, 0.1) is 0 Å². The van der Waals surface area contributed by atoms with Crippen molar-refractivity contribution in [3.8, 4) is 11.5 Å². The molecule has 1 atom stereocenters. The molecule has 4 aromatic rings. The SMILES string of the molecule is COc1ccc(Cc2nc3c(c(CF)nn3C(C)c3ccc(C(F)(F)F)cc3)c(=O)[nH]2)cc1OC. The van der Waals surface area contributed by atoms with Crippen LogP contribution in [-0.2, 0) is 19.3 Å². The standard InChI is InChI=1S/C24H22F4N4O3/c1-13(15-5-7-16(8-6-15)24(26,27)28)32-22-21(17(12-25)31-32)23(33)30-20(29-22)11-14-4-9-18(34-2)19(10-14)35-3/h4-10,13H,11-12H2,1-3H3,(H,29,30,33). The number of H-pyrrole nitrogens is 1. The molecule has 0 bridgehead atoms.